The van der Waals surface area contributed by atoms with E-state index in [-0.39, 0.29) is 11.8 Å². The number of benzene rings is 1. The maximum Gasteiger partial charge on any atom is 0.220 e. The largest absolute Gasteiger partial charge is 0.368 e. The minimum Gasteiger partial charge on any atom is -0.368 e. The molecule has 2 rings (SSSR count). The van der Waals surface area contributed by atoms with Crippen LogP contribution in [-0.2, 0) is 0 Å². The Labute approximate surface area is 93.2 Å². The molecule has 0 aliphatic carbocycles. The second-order valence-electron chi connectivity index (χ2n) is 3.74. The number of aromatic nitrogens is 2. The van der Waals surface area contributed by atoms with E-state index in [0.717, 1.165) is 11.3 Å². The predicted molar refractivity (Wildman–Crippen MR) is 61.3 cm³/mol. The Morgan fingerprint density at radius 3 is 2.50 bits per heavy atom. The van der Waals surface area contributed by atoms with Crippen molar-refractivity contribution < 1.29 is 4.39 Å². The van der Waals surface area contributed by atoms with E-state index in [2.05, 4.69) is 9.97 Å². The fraction of sp³-hybridized carbons (Fsp3) is 0.167. The summed E-state index contributed by atoms with van der Waals surface area (Å²) in [5.41, 5.74) is 8.09. The van der Waals surface area contributed by atoms with Gasteiger partial charge in [0.15, 0.2) is 0 Å². The van der Waals surface area contributed by atoms with Crippen molar-refractivity contribution in [2.75, 3.05) is 5.73 Å². The summed E-state index contributed by atoms with van der Waals surface area (Å²) in [4.78, 5) is 7.97. The number of hydrogen-bond donors (Lipinski definition) is 1. The first-order valence-electron chi connectivity index (χ1n) is 4.94. The molecule has 0 bridgehead atoms. The quantitative estimate of drug-likeness (QED) is 0.798. The summed E-state index contributed by atoms with van der Waals surface area (Å²) in [5.74, 6) is -0.132. The number of halogens is 1. The summed E-state index contributed by atoms with van der Waals surface area (Å²) < 4.78 is 13.7. The monoisotopic (exact) mass is 217 g/mol. The molecule has 0 saturated carbocycles. The third-order valence-electron chi connectivity index (χ3n) is 2.27. The zero-order valence-electron chi connectivity index (χ0n) is 9.16. The summed E-state index contributed by atoms with van der Waals surface area (Å²) >= 11 is 0. The highest BCUT2D eigenvalue weighted by Crippen LogP contribution is 2.22. The molecule has 3 nitrogen and oxygen atoms in total. The van der Waals surface area contributed by atoms with Crippen molar-refractivity contribution in [1.29, 1.82) is 0 Å². The van der Waals surface area contributed by atoms with Crippen LogP contribution in [0.4, 0.5) is 10.3 Å². The Kier molecular flexibility index (Phi) is 2.56. The number of rotatable bonds is 1. The molecule has 0 radical (unpaired) electrons. The molecule has 0 saturated heterocycles. The zero-order valence-corrected chi connectivity index (χ0v) is 9.16. The van der Waals surface area contributed by atoms with E-state index in [9.17, 15) is 4.39 Å². The maximum absolute atomic E-state index is 13.7. The Bertz CT molecular complexity index is 518. The van der Waals surface area contributed by atoms with E-state index in [0.29, 0.717) is 11.3 Å². The molecular weight excluding hydrogens is 205 g/mol. The van der Waals surface area contributed by atoms with Gasteiger partial charge < -0.3 is 5.73 Å². The van der Waals surface area contributed by atoms with E-state index in [1.807, 2.05) is 13.0 Å². The van der Waals surface area contributed by atoms with Gasteiger partial charge in [0.05, 0.1) is 5.69 Å². The lowest BCUT2D eigenvalue weighted by atomic mass is 10.1. The molecule has 1 aromatic carbocycles. The van der Waals surface area contributed by atoms with Gasteiger partial charge in [0.1, 0.15) is 5.82 Å². The minimum absolute atomic E-state index is 0.162. The SMILES string of the molecule is Cc1ccc(-c2cc(C)nc(N)n2)c(F)c1. The topological polar surface area (TPSA) is 51.8 Å². The highest BCUT2D eigenvalue weighted by molar-refractivity contribution is 5.61. The highest BCUT2D eigenvalue weighted by atomic mass is 19.1. The van der Waals surface area contributed by atoms with Gasteiger partial charge in [-0.1, -0.05) is 6.07 Å². The van der Waals surface area contributed by atoms with Crippen LogP contribution < -0.4 is 5.73 Å². The molecule has 0 unspecified atom stereocenters. The van der Waals surface area contributed by atoms with Crippen LogP contribution in [0.15, 0.2) is 24.3 Å². The number of nitrogen functional groups attached to an aromatic ring is 1. The van der Waals surface area contributed by atoms with Gasteiger partial charge in [0.2, 0.25) is 5.95 Å². The molecule has 0 atom stereocenters. The van der Waals surface area contributed by atoms with E-state index >= 15 is 0 Å². The van der Waals surface area contributed by atoms with Crippen LogP contribution in [0.2, 0.25) is 0 Å². The van der Waals surface area contributed by atoms with Gasteiger partial charge in [0.25, 0.3) is 0 Å². The first-order chi connectivity index (χ1) is 7.56. The van der Waals surface area contributed by atoms with Crippen molar-refractivity contribution in [3.63, 3.8) is 0 Å². The summed E-state index contributed by atoms with van der Waals surface area (Å²) in [7, 11) is 0. The lowest BCUT2D eigenvalue weighted by Gasteiger charge is -2.05. The Balaban J connectivity index is 2.58. The average molecular weight is 217 g/mol. The number of nitrogens with zero attached hydrogens (tertiary/aromatic N) is 2. The first-order valence-corrected chi connectivity index (χ1v) is 4.94. The van der Waals surface area contributed by atoms with Crippen LogP contribution in [-0.4, -0.2) is 9.97 Å². The third kappa shape index (κ3) is 2.00. The van der Waals surface area contributed by atoms with Crippen LogP contribution in [0.25, 0.3) is 11.3 Å². The molecule has 0 spiro atoms. The molecular formula is C12H12FN3. The highest BCUT2D eigenvalue weighted by Gasteiger charge is 2.08. The average Bonchev–Trinajstić information content (AvgIpc) is 2.15. The molecule has 0 aliphatic heterocycles. The number of nitrogens with two attached hydrogens (primary N) is 1. The third-order valence-corrected chi connectivity index (χ3v) is 2.27. The second-order valence-corrected chi connectivity index (χ2v) is 3.74. The van der Waals surface area contributed by atoms with E-state index in [4.69, 9.17) is 5.73 Å². The van der Waals surface area contributed by atoms with Crippen LogP contribution >= 0.6 is 0 Å². The smallest absolute Gasteiger partial charge is 0.220 e. The maximum atomic E-state index is 13.7. The van der Waals surface area contributed by atoms with Gasteiger partial charge in [-0.15, -0.1) is 0 Å². The Morgan fingerprint density at radius 1 is 1.12 bits per heavy atom. The number of aryl methyl sites for hydroxylation is 2. The van der Waals surface area contributed by atoms with Gasteiger partial charge in [-0.25, -0.2) is 14.4 Å². The van der Waals surface area contributed by atoms with Gasteiger partial charge in [-0.3, -0.25) is 0 Å². The molecule has 2 aromatic rings. The van der Waals surface area contributed by atoms with Gasteiger partial charge in [-0.2, -0.15) is 0 Å². The van der Waals surface area contributed by atoms with Crippen molar-refractivity contribution in [1.82, 2.24) is 9.97 Å². The first kappa shape index (κ1) is 10.5. The van der Waals surface area contributed by atoms with Crippen molar-refractivity contribution in [3.8, 4) is 11.3 Å². The van der Waals surface area contributed by atoms with Gasteiger partial charge in [0, 0.05) is 11.3 Å². The molecule has 0 fully saturated rings. The van der Waals surface area contributed by atoms with Crippen LogP contribution in [0.3, 0.4) is 0 Å². The van der Waals surface area contributed by atoms with Crippen LogP contribution in [0.1, 0.15) is 11.3 Å². The number of anilines is 1. The molecule has 0 amide bonds. The molecule has 0 aliphatic rings. The van der Waals surface area contributed by atoms with Crippen molar-refractivity contribution in [3.05, 3.63) is 41.3 Å². The van der Waals surface area contributed by atoms with Crippen LogP contribution in [0, 0.1) is 19.7 Å². The molecule has 1 aromatic heterocycles. The molecule has 4 heteroatoms. The summed E-state index contributed by atoms with van der Waals surface area (Å²) in [6.45, 7) is 3.64. The summed E-state index contributed by atoms with van der Waals surface area (Å²) in [6, 6.07) is 6.73. The summed E-state index contributed by atoms with van der Waals surface area (Å²) in [6.07, 6.45) is 0. The second kappa shape index (κ2) is 3.89. The van der Waals surface area contributed by atoms with Gasteiger partial charge >= 0.3 is 0 Å². The lowest BCUT2D eigenvalue weighted by molar-refractivity contribution is 0.629. The predicted octanol–water partition coefficient (Wildman–Crippen LogP) is 2.48. The normalized spacial score (nSPS) is 10.4. The lowest BCUT2D eigenvalue weighted by Crippen LogP contribution is -1.99. The minimum atomic E-state index is -0.294. The van der Waals surface area contributed by atoms with E-state index in [1.54, 1.807) is 19.1 Å². The van der Waals surface area contributed by atoms with Gasteiger partial charge in [-0.05, 0) is 37.6 Å². The molecule has 16 heavy (non-hydrogen) atoms. The van der Waals surface area contributed by atoms with E-state index < -0.39 is 0 Å². The zero-order chi connectivity index (χ0) is 11.7. The fourth-order valence-electron chi connectivity index (χ4n) is 1.56. The fourth-order valence-corrected chi connectivity index (χ4v) is 1.56. The van der Waals surface area contributed by atoms with Crippen molar-refractivity contribution >= 4 is 5.95 Å². The molecule has 2 N–H and O–H groups in total. The molecule has 1 heterocycles. The van der Waals surface area contributed by atoms with E-state index in [1.165, 1.54) is 6.07 Å². The Morgan fingerprint density at radius 2 is 1.88 bits per heavy atom. The van der Waals surface area contributed by atoms with Crippen LogP contribution in [0.5, 0.6) is 0 Å². The number of hydrogen-bond acceptors (Lipinski definition) is 3. The standard InChI is InChI=1S/C12H12FN3/c1-7-3-4-9(10(13)5-7)11-6-8(2)15-12(14)16-11/h3-6H,1-2H3,(H2,14,15,16). The summed E-state index contributed by atoms with van der Waals surface area (Å²) in [5, 5.41) is 0. The molecule has 82 valence electrons. The van der Waals surface area contributed by atoms with Crippen molar-refractivity contribution in [2.24, 2.45) is 0 Å². The Hall–Kier alpha value is -1.97. The van der Waals surface area contributed by atoms with Crippen molar-refractivity contribution in [2.45, 2.75) is 13.8 Å².